The largest absolute Gasteiger partial charge is 0.494 e. The molecule has 0 fully saturated rings. The lowest BCUT2D eigenvalue weighted by Gasteiger charge is -2.08. The fraction of sp³-hybridized carbons (Fsp3) is 0.188. The topological polar surface area (TPSA) is 26.3 Å². The minimum Gasteiger partial charge on any atom is -0.494 e. The molecule has 4 heteroatoms. The molecule has 0 N–H and O–H groups in total. The Labute approximate surface area is 116 Å². The highest BCUT2D eigenvalue weighted by molar-refractivity contribution is 6.09. The molecular formula is C16H14F2O2. The SMILES string of the molecule is COc1cc(C(=O)c2cc(C)c(F)c(C)c2)ccc1F. The average molecular weight is 276 g/mol. The van der Waals surface area contributed by atoms with E-state index in [0.717, 1.165) is 0 Å². The Morgan fingerprint density at radius 2 is 1.60 bits per heavy atom. The Kier molecular flexibility index (Phi) is 3.84. The predicted molar refractivity (Wildman–Crippen MR) is 72.3 cm³/mol. The van der Waals surface area contributed by atoms with Gasteiger partial charge < -0.3 is 4.74 Å². The van der Waals surface area contributed by atoms with Crippen LogP contribution in [0.1, 0.15) is 27.0 Å². The summed E-state index contributed by atoms with van der Waals surface area (Å²) in [7, 11) is 1.33. The first-order valence-corrected chi connectivity index (χ1v) is 6.09. The van der Waals surface area contributed by atoms with E-state index in [1.54, 1.807) is 13.8 Å². The van der Waals surface area contributed by atoms with E-state index < -0.39 is 5.82 Å². The molecule has 0 spiro atoms. The van der Waals surface area contributed by atoms with Crippen molar-refractivity contribution in [3.05, 3.63) is 64.2 Å². The van der Waals surface area contributed by atoms with E-state index in [1.165, 1.54) is 37.4 Å². The third-order valence-corrected chi connectivity index (χ3v) is 3.11. The van der Waals surface area contributed by atoms with Gasteiger partial charge in [0.25, 0.3) is 0 Å². The Balaban J connectivity index is 2.46. The van der Waals surface area contributed by atoms with Gasteiger partial charge in [0, 0.05) is 11.1 Å². The maximum atomic E-state index is 13.6. The molecule has 0 atom stereocenters. The van der Waals surface area contributed by atoms with Crippen molar-refractivity contribution in [1.82, 2.24) is 0 Å². The highest BCUT2D eigenvalue weighted by Crippen LogP contribution is 2.22. The van der Waals surface area contributed by atoms with Gasteiger partial charge in [-0.25, -0.2) is 8.78 Å². The van der Waals surface area contributed by atoms with Crippen molar-refractivity contribution in [1.29, 1.82) is 0 Å². The molecule has 2 aromatic rings. The summed E-state index contributed by atoms with van der Waals surface area (Å²) in [6, 6.07) is 6.87. The first-order valence-electron chi connectivity index (χ1n) is 6.09. The van der Waals surface area contributed by atoms with Crippen molar-refractivity contribution in [3.8, 4) is 5.75 Å². The van der Waals surface area contributed by atoms with Crippen LogP contribution in [0.25, 0.3) is 0 Å². The van der Waals surface area contributed by atoms with Gasteiger partial charge >= 0.3 is 0 Å². The quantitative estimate of drug-likeness (QED) is 0.797. The van der Waals surface area contributed by atoms with Gasteiger partial charge in [-0.1, -0.05) is 0 Å². The molecule has 2 aromatic carbocycles. The second-order valence-corrected chi connectivity index (χ2v) is 4.60. The summed E-state index contributed by atoms with van der Waals surface area (Å²) >= 11 is 0. The zero-order chi connectivity index (χ0) is 14.9. The minimum atomic E-state index is -0.532. The number of halogens is 2. The first kappa shape index (κ1) is 14.2. The summed E-state index contributed by atoms with van der Waals surface area (Å²) in [6.45, 7) is 3.20. The van der Waals surface area contributed by atoms with E-state index in [4.69, 9.17) is 4.74 Å². The Morgan fingerprint density at radius 3 is 2.15 bits per heavy atom. The van der Waals surface area contributed by atoms with Crippen LogP contribution in [0.2, 0.25) is 0 Å². The molecule has 0 saturated carbocycles. The van der Waals surface area contributed by atoms with Crippen molar-refractivity contribution in [2.45, 2.75) is 13.8 Å². The molecule has 0 aromatic heterocycles. The monoisotopic (exact) mass is 276 g/mol. The van der Waals surface area contributed by atoms with Crippen LogP contribution in [0, 0.1) is 25.5 Å². The van der Waals surface area contributed by atoms with Gasteiger partial charge in [0.1, 0.15) is 5.82 Å². The molecule has 0 bridgehead atoms. The predicted octanol–water partition coefficient (Wildman–Crippen LogP) is 3.82. The summed E-state index contributed by atoms with van der Waals surface area (Å²) in [5, 5.41) is 0. The molecule has 0 aliphatic carbocycles. The molecule has 0 aliphatic rings. The fourth-order valence-corrected chi connectivity index (χ4v) is 2.04. The number of benzene rings is 2. The number of aryl methyl sites for hydroxylation is 2. The van der Waals surface area contributed by atoms with E-state index in [-0.39, 0.29) is 17.3 Å². The van der Waals surface area contributed by atoms with E-state index in [0.29, 0.717) is 22.3 Å². The van der Waals surface area contributed by atoms with Gasteiger partial charge in [0.05, 0.1) is 7.11 Å². The normalized spacial score (nSPS) is 10.4. The van der Waals surface area contributed by atoms with E-state index in [9.17, 15) is 13.6 Å². The molecular weight excluding hydrogens is 262 g/mol. The summed E-state index contributed by atoms with van der Waals surface area (Å²) < 4.78 is 31.7. The van der Waals surface area contributed by atoms with Crippen LogP contribution in [0.15, 0.2) is 30.3 Å². The van der Waals surface area contributed by atoms with Gasteiger partial charge in [-0.2, -0.15) is 0 Å². The van der Waals surface area contributed by atoms with Crippen LogP contribution in [-0.4, -0.2) is 12.9 Å². The first-order chi connectivity index (χ1) is 9.43. The van der Waals surface area contributed by atoms with Gasteiger partial charge in [0.15, 0.2) is 17.3 Å². The molecule has 0 aliphatic heterocycles. The van der Waals surface area contributed by atoms with Crippen LogP contribution in [-0.2, 0) is 0 Å². The second-order valence-electron chi connectivity index (χ2n) is 4.60. The standard InChI is InChI=1S/C16H14F2O2/c1-9-6-12(7-10(2)15(9)18)16(19)11-4-5-13(17)14(8-11)20-3/h4-8H,1-3H3. The van der Waals surface area contributed by atoms with Crippen molar-refractivity contribution in [3.63, 3.8) is 0 Å². The maximum Gasteiger partial charge on any atom is 0.193 e. The van der Waals surface area contributed by atoms with Crippen LogP contribution in [0.4, 0.5) is 8.78 Å². The van der Waals surface area contributed by atoms with Gasteiger partial charge in [-0.3, -0.25) is 4.79 Å². The Morgan fingerprint density at radius 1 is 1.00 bits per heavy atom. The zero-order valence-corrected chi connectivity index (χ0v) is 11.5. The van der Waals surface area contributed by atoms with E-state index in [1.807, 2.05) is 0 Å². The van der Waals surface area contributed by atoms with Crippen LogP contribution in [0.5, 0.6) is 5.75 Å². The maximum absolute atomic E-state index is 13.6. The smallest absolute Gasteiger partial charge is 0.193 e. The molecule has 0 heterocycles. The number of ketones is 1. The minimum absolute atomic E-state index is 0.00593. The van der Waals surface area contributed by atoms with E-state index in [2.05, 4.69) is 0 Å². The van der Waals surface area contributed by atoms with Crippen molar-refractivity contribution in [2.75, 3.05) is 7.11 Å². The van der Waals surface area contributed by atoms with Gasteiger partial charge in [-0.05, 0) is 55.3 Å². The molecule has 2 nitrogen and oxygen atoms in total. The summed E-state index contributed by atoms with van der Waals surface area (Å²) in [5.41, 5.74) is 1.48. The fourth-order valence-electron chi connectivity index (χ4n) is 2.04. The number of rotatable bonds is 3. The molecule has 0 radical (unpaired) electrons. The highest BCUT2D eigenvalue weighted by Gasteiger charge is 2.15. The Hall–Kier alpha value is -2.23. The highest BCUT2D eigenvalue weighted by atomic mass is 19.1. The van der Waals surface area contributed by atoms with Gasteiger partial charge in [0.2, 0.25) is 0 Å². The lowest BCUT2D eigenvalue weighted by atomic mass is 9.99. The number of ether oxygens (including phenoxy) is 1. The molecule has 20 heavy (non-hydrogen) atoms. The summed E-state index contributed by atoms with van der Waals surface area (Å²) in [5.74, 6) is -1.14. The van der Waals surface area contributed by atoms with Crippen LogP contribution >= 0.6 is 0 Å². The van der Waals surface area contributed by atoms with Crippen molar-refractivity contribution >= 4 is 5.78 Å². The third kappa shape index (κ3) is 2.54. The van der Waals surface area contributed by atoms with Crippen molar-refractivity contribution in [2.24, 2.45) is 0 Å². The van der Waals surface area contributed by atoms with Crippen LogP contribution in [0.3, 0.4) is 0 Å². The lowest BCUT2D eigenvalue weighted by Crippen LogP contribution is -2.04. The number of hydrogen-bond acceptors (Lipinski definition) is 2. The average Bonchev–Trinajstić information content (AvgIpc) is 2.44. The number of carbonyl (C=O) groups excluding carboxylic acids is 1. The lowest BCUT2D eigenvalue weighted by molar-refractivity contribution is 0.103. The summed E-state index contributed by atoms with van der Waals surface area (Å²) in [4.78, 5) is 12.3. The zero-order valence-electron chi connectivity index (χ0n) is 11.5. The third-order valence-electron chi connectivity index (χ3n) is 3.11. The molecule has 0 amide bonds. The molecule has 0 unspecified atom stereocenters. The number of methoxy groups -OCH3 is 1. The Bertz CT molecular complexity index is 655. The summed E-state index contributed by atoms with van der Waals surface area (Å²) in [6.07, 6.45) is 0. The number of hydrogen-bond donors (Lipinski definition) is 0. The second kappa shape index (κ2) is 5.41. The molecule has 104 valence electrons. The van der Waals surface area contributed by atoms with Gasteiger partial charge in [-0.15, -0.1) is 0 Å². The van der Waals surface area contributed by atoms with E-state index >= 15 is 0 Å². The van der Waals surface area contributed by atoms with Crippen molar-refractivity contribution < 1.29 is 18.3 Å². The number of carbonyl (C=O) groups is 1. The molecule has 2 rings (SSSR count). The van der Waals surface area contributed by atoms with Crippen LogP contribution < -0.4 is 4.74 Å². The molecule has 0 saturated heterocycles.